The summed E-state index contributed by atoms with van der Waals surface area (Å²) in [5.41, 5.74) is 1.55. The minimum absolute atomic E-state index is 0.667. The van der Waals surface area contributed by atoms with Crippen molar-refractivity contribution in [2.75, 3.05) is 7.11 Å². The Balaban J connectivity index is 2.25. The van der Waals surface area contributed by atoms with Crippen molar-refractivity contribution in [1.29, 1.82) is 0 Å². The van der Waals surface area contributed by atoms with Crippen molar-refractivity contribution in [3.05, 3.63) is 66.0 Å². The molecule has 3 nitrogen and oxygen atoms in total. The zero-order valence-corrected chi connectivity index (χ0v) is 10.5. The van der Waals surface area contributed by atoms with E-state index in [2.05, 4.69) is 0 Å². The van der Waals surface area contributed by atoms with Crippen LogP contribution in [0.15, 0.2) is 60.8 Å². The lowest BCUT2D eigenvalue weighted by atomic mass is 10.0. The molecule has 1 aromatic heterocycles. The molecule has 0 bridgehead atoms. The van der Waals surface area contributed by atoms with E-state index in [4.69, 9.17) is 4.74 Å². The van der Waals surface area contributed by atoms with Crippen LogP contribution < -0.4 is 9.47 Å². The molecule has 94 valence electrons. The molecule has 0 aliphatic carbocycles. The molecule has 0 aliphatic heterocycles. The van der Waals surface area contributed by atoms with E-state index in [1.54, 1.807) is 13.3 Å². The first-order valence-electron chi connectivity index (χ1n) is 6.05. The molecule has 3 rings (SSSR count). The zero-order chi connectivity index (χ0) is 13.2. The largest absolute Gasteiger partial charge is 0.618 e. The molecule has 0 atom stereocenters. The van der Waals surface area contributed by atoms with Gasteiger partial charge < -0.3 is 9.94 Å². The van der Waals surface area contributed by atoms with E-state index in [9.17, 15) is 5.21 Å². The van der Waals surface area contributed by atoms with E-state index in [-0.39, 0.29) is 0 Å². The number of ether oxygens (including phenoxy) is 1. The predicted molar refractivity (Wildman–Crippen MR) is 74.9 cm³/mol. The van der Waals surface area contributed by atoms with Gasteiger partial charge in [-0.25, -0.2) is 0 Å². The Morgan fingerprint density at radius 3 is 2.42 bits per heavy atom. The fourth-order valence-electron chi connectivity index (χ4n) is 2.23. The van der Waals surface area contributed by atoms with E-state index in [1.165, 1.54) is 0 Å². The molecule has 0 fully saturated rings. The van der Waals surface area contributed by atoms with Crippen LogP contribution in [0.5, 0.6) is 5.75 Å². The Bertz CT molecular complexity index is 720. The molecule has 3 heteroatoms. The minimum atomic E-state index is 0.667. The number of hydrogen-bond donors (Lipinski definition) is 0. The van der Waals surface area contributed by atoms with Crippen LogP contribution in [0.25, 0.3) is 22.0 Å². The van der Waals surface area contributed by atoms with Crippen LogP contribution >= 0.6 is 0 Å². The van der Waals surface area contributed by atoms with Crippen LogP contribution in [-0.2, 0) is 0 Å². The number of methoxy groups -OCH3 is 1. The first kappa shape index (κ1) is 11.5. The van der Waals surface area contributed by atoms with Crippen molar-refractivity contribution in [2.45, 2.75) is 0 Å². The second-order valence-electron chi connectivity index (χ2n) is 4.31. The van der Waals surface area contributed by atoms with Gasteiger partial charge in [-0.05, 0) is 35.7 Å². The van der Waals surface area contributed by atoms with E-state index in [1.807, 2.05) is 54.6 Å². The number of fused-ring (bicyclic) bond motifs is 1. The second kappa shape index (κ2) is 4.61. The Morgan fingerprint density at radius 2 is 1.68 bits per heavy atom. The van der Waals surface area contributed by atoms with Gasteiger partial charge in [-0.2, -0.15) is 4.73 Å². The Hall–Kier alpha value is -2.55. The van der Waals surface area contributed by atoms with Crippen molar-refractivity contribution in [1.82, 2.24) is 0 Å². The van der Waals surface area contributed by atoms with Crippen LogP contribution in [0.3, 0.4) is 0 Å². The molecule has 0 radical (unpaired) electrons. The number of aromatic nitrogens is 1. The number of pyridine rings is 1. The standard InChI is InChI=1S/C16H13NO2/c1-19-14-8-6-13(7-9-14)16-15-5-3-2-4-12(15)10-11-17(16)18/h2-11H,1H3. The van der Waals surface area contributed by atoms with Gasteiger partial charge in [0.05, 0.1) is 12.5 Å². The maximum Gasteiger partial charge on any atom is 0.231 e. The smallest absolute Gasteiger partial charge is 0.231 e. The third kappa shape index (κ3) is 1.99. The SMILES string of the molecule is COc1ccc(-c2c3ccccc3cc[n+]2[O-])cc1. The molecular formula is C16H13NO2. The summed E-state index contributed by atoms with van der Waals surface area (Å²) in [6.07, 6.45) is 1.54. The normalized spacial score (nSPS) is 10.6. The Morgan fingerprint density at radius 1 is 0.947 bits per heavy atom. The highest BCUT2D eigenvalue weighted by Crippen LogP contribution is 2.26. The van der Waals surface area contributed by atoms with E-state index in [0.29, 0.717) is 5.69 Å². The van der Waals surface area contributed by atoms with E-state index < -0.39 is 0 Å². The summed E-state index contributed by atoms with van der Waals surface area (Å²) in [7, 11) is 1.63. The lowest BCUT2D eigenvalue weighted by Gasteiger charge is -2.08. The Kier molecular flexibility index (Phi) is 2.80. The van der Waals surface area contributed by atoms with Crippen molar-refractivity contribution in [3.63, 3.8) is 0 Å². The molecule has 2 aromatic carbocycles. The first-order chi connectivity index (χ1) is 9.29. The highest BCUT2D eigenvalue weighted by molar-refractivity contribution is 5.92. The fraction of sp³-hybridized carbons (Fsp3) is 0.0625. The second-order valence-corrected chi connectivity index (χ2v) is 4.31. The van der Waals surface area contributed by atoms with E-state index in [0.717, 1.165) is 26.8 Å². The van der Waals surface area contributed by atoms with E-state index >= 15 is 0 Å². The highest BCUT2D eigenvalue weighted by atomic mass is 16.5. The van der Waals surface area contributed by atoms with Crippen LogP contribution in [0.4, 0.5) is 0 Å². The van der Waals surface area contributed by atoms with Gasteiger partial charge in [0.25, 0.3) is 0 Å². The molecule has 0 spiro atoms. The van der Waals surface area contributed by atoms with Crippen LogP contribution in [0.1, 0.15) is 0 Å². The van der Waals surface area contributed by atoms with Crippen molar-refractivity contribution in [2.24, 2.45) is 0 Å². The molecule has 0 saturated carbocycles. The number of nitrogens with zero attached hydrogens (tertiary/aromatic N) is 1. The molecule has 0 amide bonds. The summed E-state index contributed by atoms with van der Waals surface area (Å²) in [6.45, 7) is 0. The van der Waals surface area contributed by atoms with Crippen molar-refractivity contribution < 1.29 is 9.47 Å². The fourth-order valence-corrected chi connectivity index (χ4v) is 2.23. The number of benzene rings is 2. The summed E-state index contributed by atoms with van der Waals surface area (Å²) in [5.74, 6) is 0.779. The van der Waals surface area contributed by atoms with Crippen LogP contribution in [0.2, 0.25) is 0 Å². The minimum Gasteiger partial charge on any atom is -0.618 e. The summed E-state index contributed by atoms with van der Waals surface area (Å²) >= 11 is 0. The monoisotopic (exact) mass is 251 g/mol. The summed E-state index contributed by atoms with van der Waals surface area (Å²) in [4.78, 5) is 0. The van der Waals surface area contributed by atoms with Gasteiger partial charge in [-0.3, -0.25) is 0 Å². The Labute approximate surface area is 111 Å². The number of hydrogen-bond acceptors (Lipinski definition) is 2. The van der Waals surface area contributed by atoms with Crippen LogP contribution in [-0.4, -0.2) is 7.11 Å². The third-order valence-electron chi connectivity index (χ3n) is 3.19. The van der Waals surface area contributed by atoms with Gasteiger partial charge in [-0.15, -0.1) is 0 Å². The van der Waals surface area contributed by atoms with Gasteiger partial charge in [0, 0.05) is 11.6 Å². The summed E-state index contributed by atoms with van der Waals surface area (Å²) in [6, 6.07) is 17.2. The van der Waals surface area contributed by atoms with Gasteiger partial charge in [0.1, 0.15) is 5.75 Å². The third-order valence-corrected chi connectivity index (χ3v) is 3.19. The lowest BCUT2D eigenvalue weighted by Crippen LogP contribution is -2.28. The zero-order valence-electron chi connectivity index (χ0n) is 10.5. The van der Waals surface area contributed by atoms with Gasteiger partial charge in [0.2, 0.25) is 5.69 Å². The van der Waals surface area contributed by atoms with Gasteiger partial charge in [-0.1, -0.05) is 18.2 Å². The molecular weight excluding hydrogens is 238 g/mol. The summed E-state index contributed by atoms with van der Waals surface area (Å²) < 4.78 is 6.04. The molecule has 3 aromatic rings. The molecule has 0 unspecified atom stereocenters. The molecule has 1 heterocycles. The molecule has 0 aliphatic rings. The maximum atomic E-state index is 12.1. The summed E-state index contributed by atoms with van der Waals surface area (Å²) in [5, 5.41) is 14.1. The topological polar surface area (TPSA) is 36.2 Å². The molecule has 0 N–H and O–H groups in total. The van der Waals surface area contributed by atoms with Crippen LogP contribution in [0, 0.1) is 5.21 Å². The van der Waals surface area contributed by atoms with Gasteiger partial charge in [0.15, 0.2) is 6.20 Å². The van der Waals surface area contributed by atoms with Crippen molar-refractivity contribution in [3.8, 4) is 17.0 Å². The highest BCUT2D eigenvalue weighted by Gasteiger charge is 2.13. The molecule has 19 heavy (non-hydrogen) atoms. The average molecular weight is 251 g/mol. The van der Waals surface area contributed by atoms with Crippen molar-refractivity contribution >= 4 is 10.8 Å². The predicted octanol–water partition coefficient (Wildman–Crippen LogP) is 3.15. The lowest BCUT2D eigenvalue weighted by molar-refractivity contribution is -0.592. The number of rotatable bonds is 2. The maximum absolute atomic E-state index is 12.1. The first-order valence-corrected chi connectivity index (χ1v) is 6.05. The average Bonchev–Trinajstić information content (AvgIpc) is 2.47. The molecule has 0 saturated heterocycles. The quantitative estimate of drug-likeness (QED) is 0.518. The van der Waals surface area contributed by atoms with Gasteiger partial charge >= 0.3 is 0 Å².